The van der Waals surface area contributed by atoms with Crippen LogP contribution in [0, 0.1) is 0 Å². The van der Waals surface area contributed by atoms with Crippen molar-refractivity contribution in [3.05, 3.63) is 33.3 Å². The highest BCUT2D eigenvalue weighted by atomic mass is 79.9. The van der Waals surface area contributed by atoms with E-state index in [9.17, 15) is 13.2 Å². The molecule has 0 heterocycles. The van der Waals surface area contributed by atoms with Gasteiger partial charge in [-0.2, -0.15) is 13.2 Å². The van der Waals surface area contributed by atoms with Crippen molar-refractivity contribution in [3.8, 4) is 0 Å². The summed E-state index contributed by atoms with van der Waals surface area (Å²) >= 11 is 9.35. The van der Waals surface area contributed by atoms with E-state index in [1.807, 2.05) is 19.1 Å². The van der Waals surface area contributed by atoms with E-state index in [1.165, 1.54) is 0 Å². The van der Waals surface area contributed by atoms with Crippen molar-refractivity contribution in [2.45, 2.75) is 44.8 Å². The van der Waals surface area contributed by atoms with Crippen LogP contribution in [-0.4, -0.2) is 12.7 Å². The molecular weight excluding hydrogens is 355 g/mol. The van der Waals surface area contributed by atoms with Crippen molar-refractivity contribution < 1.29 is 13.2 Å². The molecule has 114 valence electrons. The molecule has 6 heteroatoms. The van der Waals surface area contributed by atoms with Gasteiger partial charge in [-0.25, -0.2) is 0 Å². The maximum absolute atomic E-state index is 12.2. The van der Waals surface area contributed by atoms with Crippen LogP contribution >= 0.6 is 27.5 Å². The van der Waals surface area contributed by atoms with Crippen LogP contribution in [0.15, 0.2) is 22.7 Å². The molecule has 1 atom stereocenters. The summed E-state index contributed by atoms with van der Waals surface area (Å²) in [5.41, 5.74) is 0.925. The first kappa shape index (κ1) is 17.8. The fraction of sp³-hybridized carbons (Fsp3) is 0.571. The number of nitrogens with one attached hydrogen (secondary N) is 1. The average molecular weight is 373 g/mol. The minimum absolute atomic E-state index is 0.0945. The van der Waals surface area contributed by atoms with Gasteiger partial charge < -0.3 is 5.32 Å². The zero-order valence-electron chi connectivity index (χ0n) is 11.2. The number of halogens is 5. The van der Waals surface area contributed by atoms with Crippen LogP contribution in [0.3, 0.4) is 0 Å². The number of benzene rings is 1. The van der Waals surface area contributed by atoms with E-state index < -0.39 is 12.6 Å². The Morgan fingerprint density at radius 1 is 1.35 bits per heavy atom. The quantitative estimate of drug-likeness (QED) is 0.630. The molecule has 0 radical (unpaired) electrons. The van der Waals surface area contributed by atoms with Crippen LogP contribution in [-0.2, 0) is 0 Å². The van der Waals surface area contributed by atoms with Crippen LogP contribution in [0.1, 0.15) is 44.2 Å². The van der Waals surface area contributed by atoms with Gasteiger partial charge in [-0.15, -0.1) is 0 Å². The third kappa shape index (κ3) is 6.46. The number of rotatable bonds is 7. The topological polar surface area (TPSA) is 12.0 Å². The van der Waals surface area contributed by atoms with E-state index in [4.69, 9.17) is 11.6 Å². The fourth-order valence-electron chi connectivity index (χ4n) is 1.94. The molecule has 20 heavy (non-hydrogen) atoms. The Balaban J connectivity index is 2.69. The van der Waals surface area contributed by atoms with Gasteiger partial charge in [-0.05, 0) is 59.4 Å². The first-order valence-electron chi connectivity index (χ1n) is 6.58. The lowest BCUT2D eigenvalue weighted by atomic mass is 10.0. The number of hydrogen-bond donors (Lipinski definition) is 1. The second-order valence-corrected chi connectivity index (χ2v) is 5.95. The molecule has 1 nitrogen and oxygen atoms in total. The molecule has 1 aromatic rings. The van der Waals surface area contributed by atoms with Crippen LogP contribution < -0.4 is 5.32 Å². The third-order valence-corrected chi connectivity index (χ3v) is 4.17. The molecule has 0 saturated carbocycles. The van der Waals surface area contributed by atoms with Gasteiger partial charge in [0.15, 0.2) is 0 Å². The Hall–Kier alpha value is -0.260. The normalized spacial score (nSPS) is 13.5. The molecule has 0 aliphatic carbocycles. The van der Waals surface area contributed by atoms with Crippen molar-refractivity contribution in [3.63, 3.8) is 0 Å². The van der Waals surface area contributed by atoms with Gasteiger partial charge in [0.1, 0.15) is 0 Å². The Morgan fingerprint density at radius 2 is 2.05 bits per heavy atom. The van der Waals surface area contributed by atoms with Crippen LogP contribution in [0.25, 0.3) is 0 Å². The van der Waals surface area contributed by atoms with Gasteiger partial charge in [0.25, 0.3) is 0 Å². The Labute approximate surface area is 131 Å². The van der Waals surface area contributed by atoms with Crippen LogP contribution in [0.5, 0.6) is 0 Å². The molecule has 0 fully saturated rings. The molecular formula is C14H18BrClF3N. The van der Waals surface area contributed by atoms with E-state index in [-0.39, 0.29) is 12.5 Å². The highest BCUT2D eigenvalue weighted by molar-refractivity contribution is 9.10. The minimum atomic E-state index is -4.09. The van der Waals surface area contributed by atoms with Gasteiger partial charge in [-0.1, -0.05) is 24.6 Å². The summed E-state index contributed by atoms with van der Waals surface area (Å²) in [7, 11) is 0. The Bertz CT molecular complexity index is 423. The van der Waals surface area contributed by atoms with E-state index in [2.05, 4.69) is 21.2 Å². The van der Waals surface area contributed by atoms with Crippen molar-refractivity contribution in [2.75, 3.05) is 6.54 Å². The lowest BCUT2D eigenvalue weighted by molar-refractivity contribution is -0.135. The summed E-state index contributed by atoms with van der Waals surface area (Å²) < 4.78 is 37.5. The monoisotopic (exact) mass is 371 g/mol. The lowest BCUT2D eigenvalue weighted by Crippen LogP contribution is -2.22. The maximum atomic E-state index is 12.2. The van der Waals surface area contributed by atoms with Gasteiger partial charge in [0, 0.05) is 16.9 Å². The predicted molar refractivity (Wildman–Crippen MR) is 80.1 cm³/mol. The Morgan fingerprint density at radius 3 is 2.60 bits per heavy atom. The van der Waals surface area contributed by atoms with E-state index in [0.29, 0.717) is 11.4 Å². The molecule has 0 spiro atoms. The standard InChI is InChI=1S/C14H18BrClF3N/c1-2-8-20-13(4-3-7-14(17,18)19)10-5-6-11(15)12(16)9-10/h5-6,9,13,20H,2-4,7-8H2,1H3. The van der Waals surface area contributed by atoms with Gasteiger partial charge in [-0.3, -0.25) is 0 Å². The molecule has 0 amide bonds. The summed E-state index contributed by atoms with van der Waals surface area (Å²) in [5.74, 6) is 0. The molecule has 0 bridgehead atoms. The lowest BCUT2D eigenvalue weighted by Gasteiger charge is -2.20. The average Bonchev–Trinajstić information content (AvgIpc) is 2.35. The van der Waals surface area contributed by atoms with Crippen molar-refractivity contribution >= 4 is 27.5 Å². The molecule has 1 rings (SSSR count). The zero-order valence-corrected chi connectivity index (χ0v) is 13.6. The molecule has 0 aliphatic heterocycles. The van der Waals surface area contributed by atoms with E-state index in [0.717, 1.165) is 23.0 Å². The highest BCUT2D eigenvalue weighted by Gasteiger charge is 2.26. The molecule has 0 aromatic heterocycles. The first-order valence-corrected chi connectivity index (χ1v) is 7.75. The zero-order chi connectivity index (χ0) is 15.2. The maximum Gasteiger partial charge on any atom is 0.389 e. The van der Waals surface area contributed by atoms with Crippen molar-refractivity contribution in [1.29, 1.82) is 0 Å². The molecule has 0 saturated heterocycles. The number of hydrogen-bond acceptors (Lipinski definition) is 1. The summed E-state index contributed by atoms with van der Waals surface area (Å²) in [6.45, 7) is 2.79. The summed E-state index contributed by atoms with van der Waals surface area (Å²) in [6, 6.07) is 5.41. The minimum Gasteiger partial charge on any atom is -0.310 e. The molecule has 0 aliphatic rings. The highest BCUT2D eigenvalue weighted by Crippen LogP contribution is 2.30. The first-order chi connectivity index (χ1) is 9.33. The summed E-state index contributed by atoms with van der Waals surface area (Å²) in [5, 5.41) is 3.85. The SMILES string of the molecule is CCCNC(CCCC(F)(F)F)c1ccc(Br)c(Cl)c1. The fourth-order valence-corrected chi connectivity index (χ4v) is 2.38. The van der Waals surface area contributed by atoms with Crippen LogP contribution in [0.4, 0.5) is 13.2 Å². The Kier molecular flexibility index (Phi) is 7.34. The van der Waals surface area contributed by atoms with Gasteiger partial charge in [0.2, 0.25) is 0 Å². The summed E-state index contributed by atoms with van der Waals surface area (Å²) in [4.78, 5) is 0. The van der Waals surface area contributed by atoms with Crippen LogP contribution in [0.2, 0.25) is 5.02 Å². The molecule has 1 aromatic carbocycles. The van der Waals surface area contributed by atoms with E-state index >= 15 is 0 Å². The largest absolute Gasteiger partial charge is 0.389 e. The van der Waals surface area contributed by atoms with Crippen molar-refractivity contribution in [2.24, 2.45) is 0 Å². The van der Waals surface area contributed by atoms with Gasteiger partial charge >= 0.3 is 6.18 Å². The van der Waals surface area contributed by atoms with Gasteiger partial charge in [0.05, 0.1) is 5.02 Å². The molecule has 1 N–H and O–H groups in total. The predicted octanol–water partition coefficient (Wildman–Crippen LogP) is 5.88. The number of alkyl halides is 3. The summed E-state index contributed by atoms with van der Waals surface area (Å²) in [6.07, 6.45) is -3.36. The molecule has 1 unspecified atom stereocenters. The second-order valence-electron chi connectivity index (χ2n) is 4.69. The van der Waals surface area contributed by atoms with Crippen molar-refractivity contribution in [1.82, 2.24) is 5.32 Å². The smallest absolute Gasteiger partial charge is 0.310 e. The van der Waals surface area contributed by atoms with E-state index in [1.54, 1.807) is 6.07 Å². The second kappa shape index (κ2) is 8.25. The third-order valence-electron chi connectivity index (χ3n) is 2.94.